The molecule has 0 N–H and O–H groups in total. The van der Waals surface area contributed by atoms with Gasteiger partial charge in [-0.15, -0.1) is 0 Å². The Hall–Kier alpha value is -3.79. The number of carbonyl (C=O) groups is 1. The number of rotatable bonds is 6. The number of halogens is 1. The van der Waals surface area contributed by atoms with E-state index in [9.17, 15) is 13.2 Å². The van der Waals surface area contributed by atoms with Crippen molar-refractivity contribution in [2.45, 2.75) is 24.3 Å². The van der Waals surface area contributed by atoms with Crippen LogP contribution in [0, 0.1) is 0 Å². The number of amides is 1. The minimum Gasteiger partial charge on any atom is -0.278 e. The number of nitrogens with zero attached hydrogens (tertiary/aromatic N) is 4. The zero-order chi connectivity index (χ0) is 27.0. The minimum absolute atomic E-state index is 0.140. The topological polar surface area (TPSA) is 83.5 Å². The first-order valence-corrected chi connectivity index (χ1v) is 15.0. The summed E-state index contributed by atoms with van der Waals surface area (Å²) in [6.45, 7) is 0.622. The highest BCUT2D eigenvalue weighted by atomic mass is 35.5. The number of thiazole rings is 1. The van der Waals surface area contributed by atoms with E-state index in [1.807, 2.05) is 54.6 Å². The third-order valence-electron chi connectivity index (χ3n) is 6.62. The quantitative estimate of drug-likeness (QED) is 0.236. The fourth-order valence-corrected chi connectivity index (χ4v) is 7.46. The molecule has 1 amide bonds. The zero-order valence-corrected chi connectivity index (χ0v) is 23.1. The highest BCUT2D eigenvalue weighted by Gasteiger charge is 2.29. The summed E-state index contributed by atoms with van der Waals surface area (Å²) in [5.41, 5.74) is 3.51. The van der Waals surface area contributed by atoms with Crippen molar-refractivity contribution >= 4 is 59.9 Å². The maximum Gasteiger partial charge on any atom is 0.264 e. The molecule has 39 heavy (non-hydrogen) atoms. The van der Waals surface area contributed by atoms with Gasteiger partial charge in [0.15, 0.2) is 5.13 Å². The van der Waals surface area contributed by atoms with Gasteiger partial charge in [-0.3, -0.25) is 19.0 Å². The molecular formula is C29H23ClN4O3S2. The molecule has 196 valence electrons. The monoisotopic (exact) mass is 574 g/mol. The maximum absolute atomic E-state index is 13.8. The third-order valence-corrected chi connectivity index (χ3v) is 9.72. The molecule has 1 aliphatic heterocycles. The summed E-state index contributed by atoms with van der Waals surface area (Å²) < 4.78 is 29.4. The van der Waals surface area contributed by atoms with Crippen molar-refractivity contribution in [3.63, 3.8) is 0 Å². The molecule has 0 bridgehead atoms. The van der Waals surface area contributed by atoms with E-state index in [1.54, 1.807) is 29.3 Å². The van der Waals surface area contributed by atoms with Gasteiger partial charge < -0.3 is 0 Å². The van der Waals surface area contributed by atoms with Crippen LogP contribution in [0.3, 0.4) is 0 Å². The molecule has 0 spiro atoms. The average Bonchev–Trinajstić information content (AvgIpc) is 3.38. The van der Waals surface area contributed by atoms with Gasteiger partial charge in [0.25, 0.3) is 15.9 Å². The highest BCUT2D eigenvalue weighted by Crippen LogP contribution is 2.34. The Kier molecular flexibility index (Phi) is 6.80. The molecule has 10 heteroatoms. The van der Waals surface area contributed by atoms with Gasteiger partial charge in [-0.2, -0.15) is 0 Å². The van der Waals surface area contributed by atoms with Crippen molar-refractivity contribution in [3.8, 4) is 0 Å². The van der Waals surface area contributed by atoms with Crippen molar-refractivity contribution in [2.75, 3.05) is 15.7 Å². The largest absolute Gasteiger partial charge is 0.278 e. The zero-order valence-electron chi connectivity index (χ0n) is 20.7. The van der Waals surface area contributed by atoms with Crippen molar-refractivity contribution < 1.29 is 13.2 Å². The molecule has 0 radical (unpaired) electrons. The van der Waals surface area contributed by atoms with E-state index < -0.39 is 10.0 Å². The second-order valence-corrected chi connectivity index (χ2v) is 12.5. The first-order chi connectivity index (χ1) is 18.9. The van der Waals surface area contributed by atoms with Crippen LogP contribution in [0.5, 0.6) is 0 Å². The third kappa shape index (κ3) is 5.01. The molecule has 6 rings (SSSR count). The van der Waals surface area contributed by atoms with Crippen molar-refractivity contribution in [3.05, 3.63) is 113 Å². The molecule has 3 aromatic carbocycles. The number of anilines is 2. The average molecular weight is 575 g/mol. The van der Waals surface area contributed by atoms with E-state index >= 15 is 0 Å². The summed E-state index contributed by atoms with van der Waals surface area (Å²) in [4.78, 5) is 24.6. The number of benzene rings is 3. The number of pyridine rings is 1. The number of para-hydroxylation sites is 1. The predicted molar refractivity (Wildman–Crippen MR) is 155 cm³/mol. The Balaban J connectivity index is 1.33. The lowest BCUT2D eigenvalue weighted by Gasteiger charge is -2.30. The molecule has 1 aliphatic rings. The molecular weight excluding hydrogens is 552 g/mol. The standard InChI is InChI=1S/C29H23ClN4O3S2/c30-22-12-15-25-27(18-22)38-29(32-25)33(19-23-8-3-4-16-31-23)28(35)21-10-13-24(14-11-21)39(36,37)34-17-5-7-20-6-1-2-9-26(20)34/h1-4,6,8-16,18H,5,7,17,19H2. The van der Waals surface area contributed by atoms with Gasteiger partial charge >= 0.3 is 0 Å². The van der Waals surface area contributed by atoms with Crippen LogP contribution in [-0.2, 0) is 23.0 Å². The molecule has 0 aliphatic carbocycles. The first-order valence-electron chi connectivity index (χ1n) is 12.4. The van der Waals surface area contributed by atoms with Gasteiger partial charge in [0.05, 0.1) is 33.0 Å². The van der Waals surface area contributed by atoms with Crippen LogP contribution < -0.4 is 9.21 Å². The summed E-state index contributed by atoms with van der Waals surface area (Å²) in [5, 5.41) is 1.10. The van der Waals surface area contributed by atoms with Gasteiger partial charge in [0, 0.05) is 23.3 Å². The van der Waals surface area contributed by atoms with Gasteiger partial charge in [0.1, 0.15) is 0 Å². The predicted octanol–water partition coefficient (Wildman–Crippen LogP) is 6.33. The lowest BCUT2D eigenvalue weighted by atomic mass is 10.0. The SMILES string of the molecule is O=C(c1ccc(S(=O)(=O)N2CCCc3ccccc32)cc1)N(Cc1ccccn1)c1nc2ccc(Cl)cc2s1. The normalized spacial score (nSPS) is 13.3. The van der Waals surface area contributed by atoms with E-state index in [0.29, 0.717) is 33.6 Å². The van der Waals surface area contributed by atoms with Crippen LogP contribution in [0.4, 0.5) is 10.8 Å². The van der Waals surface area contributed by atoms with Crippen molar-refractivity contribution in [1.29, 1.82) is 0 Å². The Morgan fingerprint density at radius 1 is 1.00 bits per heavy atom. The summed E-state index contributed by atoms with van der Waals surface area (Å²) in [7, 11) is -3.78. The highest BCUT2D eigenvalue weighted by molar-refractivity contribution is 7.92. The molecule has 0 atom stereocenters. The van der Waals surface area contributed by atoms with Crippen LogP contribution >= 0.6 is 22.9 Å². The van der Waals surface area contributed by atoms with Gasteiger partial charge in [0.2, 0.25) is 0 Å². The van der Waals surface area contributed by atoms with E-state index in [2.05, 4.69) is 9.97 Å². The molecule has 3 heterocycles. The van der Waals surface area contributed by atoms with E-state index in [4.69, 9.17) is 11.6 Å². The van der Waals surface area contributed by atoms with E-state index in [1.165, 1.54) is 27.8 Å². The summed E-state index contributed by atoms with van der Waals surface area (Å²) in [5.74, 6) is -0.307. The molecule has 5 aromatic rings. The summed E-state index contributed by atoms with van der Waals surface area (Å²) in [6.07, 6.45) is 3.27. The number of fused-ring (bicyclic) bond motifs is 2. The molecule has 7 nitrogen and oxygen atoms in total. The Bertz CT molecular complexity index is 1770. The number of hydrogen-bond acceptors (Lipinski definition) is 6. The second-order valence-electron chi connectivity index (χ2n) is 9.15. The second kappa shape index (κ2) is 10.4. The van der Waals surface area contributed by atoms with Crippen molar-refractivity contribution in [1.82, 2.24) is 9.97 Å². The van der Waals surface area contributed by atoms with Gasteiger partial charge in [-0.1, -0.05) is 47.2 Å². The van der Waals surface area contributed by atoms with Crippen LogP contribution in [0.2, 0.25) is 5.02 Å². The van der Waals surface area contributed by atoms with Crippen LogP contribution in [-0.4, -0.2) is 30.8 Å². The van der Waals surface area contributed by atoms with Gasteiger partial charge in [-0.05, 0) is 79.1 Å². The molecule has 2 aromatic heterocycles. The number of aryl methyl sites for hydroxylation is 1. The Morgan fingerprint density at radius 3 is 2.59 bits per heavy atom. The summed E-state index contributed by atoms with van der Waals surface area (Å²) in [6, 6.07) is 24.6. The Morgan fingerprint density at radius 2 is 1.79 bits per heavy atom. The van der Waals surface area contributed by atoms with Crippen LogP contribution in [0.15, 0.2) is 96.0 Å². The molecule has 0 unspecified atom stereocenters. The fourth-order valence-electron chi connectivity index (χ4n) is 4.68. The smallest absolute Gasteiger partial charge is 0.264 e. The number of carbonyl (C=O) groups excluding carboxylic acids is 1. The Labute approximate surface area is 235 Å². The molecule has 0 saturated carbocycles. The van der Waals surface area contributed by atoms with Crippen LogP contribution in [0.1, 0.15) is 28.0 Å². The number of sulfonamides is 1. The first kappa shape index (κ1) is 25.5. The van der Waals surface area contributed by atoms with Gasteiger partial charge in [-0.25, -0.2) is 13.4 Å². The fraction of sp³-hybridized carbons (Fsp3) is 0.138. The molecule has 0 fully saturated rings. The lowest BCUT2D eigenvalue weighted by molar-refractivity contribution is 0.0984. The summed E-state index contributed by atoms with van der Waals surface area (Å²) >= 11 is 7.53. The minimum atomic E-state index is -3.78. The molecule has 0 saturated heterocycles. The maximum atomic E-state index is 13.8. The number of aromatic nitrogens is 2. The van der Waals surface area contributed by atoms with Crippen LogP contribution in [0.25, 0.3) is 10.2 Å². The van der Waals surface area contributed by atoms with Crippen molar-refractivity contribution in [2.24, 2.45) is 0 Å². The number of hydrogen-bond donors (Lipinski definition) is 0. The lowest BCUT2D eigenvalue weighted by Crippen LogP contribution is -2.35. The van der Waals surface area contributed by atoms with E-state index in [-0.39, 0.29) is 17.3 Å². The van der Waals surface area contributed by atoms with E-state index in [0.717, 1.165) is 28.6 Å².